The van der Waals surface area contributed by atoms with Crippen molar-refractivity contribution in [1.29, 1.82) is 0 Å². The standard InChI is InChI=1S/C16H16ClN5O4/c17-10-7-14(22(24)25)16(20-9-10)21-5-2-11(3-6-21)26-12-1-4-19-13(8-12)15(18)23/h1,4,7-9,11H,2-3,5-6H2,(H2,18,23). The van der Waals surface area contributed by atoms with Crippen molar-refractivity contribution < 1.29 is 14.5 Å². The molecule has 3 heterocycles. The van der Waals surface area contributed by atoms with Crippen molar-refractivity contribution >= 4 is 29.0 Å². The van der Waals surface area contributed by atoms with Gasteiger partial charge in [0.05, 0.1) is 9.95 Å². The third kappa shape index (κ3) is 3.99. The van der Waals surface area contributed by atoms with Crippen LogP contribution in [0.2, 0.25) is 5.02 Å². The fourth-order valence-electron chi connectivity index (χ4n) is 2.80. The number of rotatable bonds is 5. The number of carbonyl (C=O) groups is 1. The molecule has 0 saturated carbocycles. The summed E-state index contributed by atoms with van der Waals surface area (Å²) in [5.41, 5.74) is 5.24. The van der Waals surface area contributed by atoms with Crippen molar-refractivity contribution in [2.75, 3.05) is 18.0 Å². The molecular formula is C16H16ClN5O4. The van der Waals surface area contributed by atoms with E-state index in [1.807, 2.05) is 4.90 Å². The summed E-state index contributed by atoms with van der Waals surface area (Å²) in [6.45, 7) is 1.10. The number of nitrogens with zero attached hydrogens (tertiary/aromatic N) is 4. The van der Waals surface area contributed by atoms with E-state index in [2.05, 4.69) is 9.97 Å². The first-order valence-electron chi connectivity index (χ1n) is 7.91. The average molecular weight is 378 g/mol. The number of carbonyl (C=O) groups excluding carboxylic acids is 1. The van der Waals surface area contributed by atoms with Crippen LogP contribution in [0.25, 0.3) is 0 Å². The van der Waals surface area contributed by atoms with Crippen LogP contribution in [0.15, 0.2) is 30.6 Å². The summed E-state index contributed by atoms with van der Waals surface area (Å²) in [5, 5.41) is 11.4. The maximum Gasteiger partial charge on any atom is 0.313 e. The predicted octanol–water partition coefficient (Wildman–Crippen LogP) is 2.18. The summed E-state index contributed by atoms with van der Waals surface area (Å²) >= 11 is 5.80. The number of primary amides is 1. The van der Waals surface area contributed by atoms with Crippen LogP contribution in [-0.2, 0) is 0 Å². The monoisotopic (exact) mass is 377 g/mol. The van der Waals surface area contributed by atoms with Gasteiger partial charge in [-0.1, -0.05) is 11.6 Å². The second-order valence-corrected chi connectivity index (χ2v) is 6.24. The summed E-state index contributed by atoms with van der Waals surface area (Å²) in [6, 6.07) is 4.46. The minimum absolute atomic E-state index is 0.0827. The van der Waals surface area contributed by atoms with Crippen molar-refractivity contribution in [1.82, 2.24) is 9.97 Å². The van der Waals surface area contributed by atoms with Gasteiger partial charge in [-0.15, -0.1) is 0 Å². The lowest BCUT2D eigenvalue weighted by Crippen LogP contribution is -2.39. The number of hydrogen-bond acceptors (Lipinski definition) is 7. The van der Waals surface area contributed by atoms with E-state index < -0.39 is 10.8 Å². The molecule has 2 N–H and O–H groups in total. The van der Waals surface area contributed by atoms with Crippen LogP contribution >= 0.6 is 11.6 Å². The van der Waals surface area contributed by atoms with E-state index in [4.69, 9.17) is 22.1 Å². The van der Waals surface area contributed by atoms with Gasteiger partial charge in [0, 0.05) is 50.5 Å². The molecule has 10 heteroatoms. The van der Waals surface area contributed by atoms with Crippen molar-refractivity contribution in [3.8, 4) is 5.75 Å². The average Bonchev–Trinajstić information content (AvgIpc) is 2.62. The van der Waals surface area contributed by atoms with Crippen LogP contribution in [0.5, 0.6) is 5.75 Å². The van der Waals surface area contributed by atoms with Crippen molar-refractivity contribution in [2.24, 2.45) is 5.73 Å². The zero-order chi connectivity index (χ0) is 18.7. The van der Waals surface area contributed by atoms with Crippen LogP contribution in [0, 0.1) is 10.1 Å². The normalized spacial score (nSPS) is 14.9. The second-order valence-electron chi connectivity index (χ2n) is 5.80. The van der Waals surface area contributed by atoms with Crippen LogP contribution in [0.4, 0.5) is 11.5 Å². The van der Waals surface area contributed by atoms with E-state index in [-0.39, 0.29) is 22.5 Å². The Hall–Kier alpha value is -2.94. The summed E-state index contributed by atoms with van der Waals surface area (Å²) in [5.74, 6) is 0.201. The number of ether oxygens (including phenoxy) is 1. The first kappa shape index (κ1) is 17.9. The van der Waals surface area contributed by atoms with E-state index in [0.29, 0.717) is 37.5 Å². The van der Waals surface area contributed by atoms with Crippen LogP contribution in [-0.4, -0.2) is 40.0 Å². The SMILES string of the molecule is NC(=O)c1cc(OC2CCN(c3ncc(Cl)cc3[N+](=O)[O-])CC2)ccn1. The van der Waals surface area contributed by atoms with Gasteiger partial charge in [-0.3, -0.25) is 19.9 Å². The number of piperidine rings is 1. The second kappa shape index (κ2) is 7.52. The van der Waals surface area contributed by atoms with E-state index in [0.717, 1.165) is 0 Å². The van der Waals surface area contributed by atoms with Gasteiger partial charge < -0.3 is 15.4 Å². The Morgan fingerprint density at radius 3 is 2.73 bits per heavy atom. The van der Waals surface area contributed by atoms with Gasteiger partial charge in [0.25, 0.3) is 5.91 Å². The topological polar surface area (TPSA) is 124 Å². The van der Waals surface area contributed by atoms with E-state index in [1.54, 1.807) is 6.07 Å². The molecule has 26 heavy (non-hydrogen) atoms. The molecular weight excluding hydrogens is 362 g/mol. The fourth-order valence-corrected chi connectivity index (χ4v) is 2.95. The molecule has 2 aromatic heterocycles. The Kier molecular flexibility index (Phi) is 5.17. The zero-order valence-corrected chi connectivity index (χ0v) is 14.4. The highest BCUT2D eigenvalue weighted by atomic mass is 35.5. The van der Waals surface area contributed by atoms with Gasteiger partial charge in [0.2, 0.25) is 5.82 Å². The Labute approximate surface area is 153 Å². The third-order valence-electron chi connectivity index (χ3n) is 4.04. The molecule has 0 radical (unpaired) electrons. The number of hydrogen-bond donors (Lipinski definition) is 1. The Bertz CT molecular complexity index is 839. The van der Waals surface area contributed by atoms with E-state index in [9.17, 15) is 14.9 Å². The largest absolute Gasteiger partial charge is 0.490 e. The lowest BCUT2D eigenvalue weighted by Gasteiger charge is -2.32. The molecule has 0 unspecified atom stereocenters. The lowest BCUT2D eigenvalue weighted by molar-refractivity contribution is -0.384. The van der Waals surface area contributed by atoms with Crippen molar-refractivity contribution in [3.05, 3.63) is 51.4 Å². The first-order valence-corrected chi connectivity index (χ1v) is 8.29. The molecule has 1 aliphatic rings. The molecule has 1 saturated heterocycles. The number of nitro groups is 1. The maximum absolute atomic E-state index is 11.2. The lowest BCUT2D eigenvalue weighted by atomic mass is 10.1. The molecule has 0 aromatic carbocycles. The molecule has 1 fully saturated rings. The van der Waals surface area contributed by atoms with Gasteiger partial charge in [-0.25, -0.2) is 4.98 Å². The van der Waals surface area contributed by atoms with Gasteiger partial charge in [0.15, 0.2) is 0 Å². The minimum Gasteiger partial charge on any atom is -0.490 e. The van der Waals surface area contributed by atoms with Crippen LogP contribution in [0.1, 0.15) is 23.3 Å². The number of nitrogens with two attached hydrogens (primary N) is 1. The summed E-state index contributed by atoms with van der Waals surface area (Å²) < 4.78 is 5.88. The Balaban J connectivity index is 1.66. The molecule has 2 aromatic rings. The smallest absolute Gasteiger partial charge is 0.313 e. The molecule has 1 aliphatic heterocycles. The fraction of sp³-hybridized carbons (Fsp3) is 0.312. The summed E-state index contributed by atoms with van der Waals surface area (Å²) in [6.07, 6.45) is 4.08. The molecule has 0 aliphatic carbocycles. The first-order chi connectivity index (χ1) is 12.4. The number of anilines is 1. The van der Waals surface area contributed by atoms with Crippen LogP contribution in [0.3, 0.4) is 0 Å². The summed E-state index contributed by atoms with van der Waals surface area (Å²) in [4.78, 5) is 31.7. The molecule has 9 nitrogen and oxygen atoms in total. The van der Waals surface area contributed by atoms with E-state index >= 15 is 0 Å². The predicted molar refractivity (Wildman–Crippen MR) is 94.5 cm³/mol. The highest BCUT2D eigenvalue weighted by Gasteiger charge is 2.27. The molecule has 0 atom stereocenters. The quantitative estimate of drug-likeness (QED) is 0.625. The number of aromatic nitrogens is 2. The third-order valence-corrected chi connectivity index (χ3v) is 4.25. The highest BCUT2D eigenvalue weighted by Crippen LogP contribution is 2.31. The van der Waals surface area contributed by atoms with Gasteiger partial charge in [-0.2, -0.15) is 0 Å². The maximum atomic E-state index is 11.2. The summed E-state index contributed by atoms with van der Waals surface area (Å²) in [7, 11) is 0. The number of pyridine rings is 2. The van der Waals surface area contributed by atoms with Gasteiger partial charge in [0.1, 0.15) is 17.5 Å². The Morgan fingerprint density at radius 1 is 1.35 bits per heavy atom. The van der Waals surface area contributed by atoms with E-state index in [1.165, 1.54) is 24.5 Å². The molecule has 0 spiro atoms. The Morgan fingerprint density at radius 2 is 2.08 bits per heavy atom. The van der Waals surface area contributed by atoms with Crippen molar-refractivity contribution in [2.45, 2.75) is 18.9 Å². The van der Waals surface area contributed by atoms with Gasteiger partial charge >= 0.3 is 5.69 Å². The van der Waals surface area contributed by atoms with Crippen LogP contribution < -0.4 is 15.4 Å². The van der Waals surface area contributed by atoms with Crippen molar-refractivity contribution in [3.63, 3.8) is 0 Å². The highest BCUT2D eigenvalue weighted by molar-refractivity contribution is 6.30. The molecule has 136 valence electrons. The zero-order valence-electron chi connectivity index (χ0n) is 13.7. The number of amides is 1. The molecule has 1 amide bonds. The minimum atomic E-state index is -0.619. The number of halogens is 1. The van der Waals surface area contributed by atoms with Gasteiger partial charge in [-0.05, 0) is 6.07 Å². The molecule has 0 bridgehead atoms. The molecule has 3 rings (SSSR count).